The van der Waals surface area contributed by atoms with Gasteiger partial charge in [-0.25, -0.2) is 4.98 Å². The molecule has 9 heteroatoms. The number of nitro groups is 1. The number of nitro benzene ring substituents is 1. The van der Waals surface area contributed by atoms with E-state index < -0.39 is 10.8 Å². The molecule has 138 valence electrons. The number of hydrogen-bond donors (Lipinski definition) is 1. The fourth-order valence-corrected chi connectivity index (χ4v) is 3.44. The average Bonchev–Trinajstić information content (AvgIpc) is 3.09. The Morgan fingerprint density at radius 1 is 1.26 bits per heavy atom. The van der Waals surface area contributed by atoms with E-state index in [4.69, 9.17) is 11.6 Å². The van der Waals surface area contributed by atoms with Crippen LogP contribution in [0.5, 0.6) is 0 Å². The lowest BCUT2D eigenvalue weighted by molar-refractivity contribution is -0.384. The zero-order chi connectivity index (χ0) is 19.6. The Hall–Kier alpha value is -2.97. The van der Waals surface area contributed by atoms with Crippen molar-refractivity contribution in [3.05, 3.63) is 68.5 Å². The summed E-state index contributed by atoms with van der Waals surface area (Å²) < 4.78 is 0. The molecule has 0 unspecified atom stereocenters. The van der Waals surface area contributed by atoms with Gasteiger partial charge in [0, 0.05) is 47.9 Å². The van der Waals surface area contributed by atoms with Crippen LogP contribution in [0.1, 0.15) is 10.4 Å². The summed E-state index contributed by atoms with van der Waals surface area (Å²) in [5.74, 6) is -0.470. The topological polar surface area (TPSA) is 88.4 Å². The van der Waals surface area contributed by atoms with E-state index in [1.165, 1.54) is 23.5 Å². The predicted molar refractivity (Wildman–Crippen MR) is 108 cm³/mol. The van der Waals surface area contributed by atoms with Crippen LogP contribution in [0.25, 0.3) is 11.3 Å². The Kier molecular flexibility index (Phi) is 5.38. The van der Waals surface area contributed by atoms with Crippen LogP contribution in [0.4, 0.5) is 16.5 Å². The highest BCUT2D eigenvalue weighted by atomic mass is 35.5. The van der Waals surface area contributed by atoms with Gasteiger partial charge in [0.2, 0.25) is 0 Å². The minimum Gasteiger partial charge on any atom is -0.377 e. The van der Waals surface area contributed by atoms with Crippen molar-refractivity contribution < 1.29 is 9.72 Å². The first-order chi connectivity index (χ1) is 12.9. The maximum Gasteiger partial charge on any atom is 0.270 e. The molecule has 0 bridgehead atoms. The molecule has 27 heavy (non-hydrogen) atoms. The predicted octanol–water partition coefficient (Wildman–Crippen LogP) is 4.69. The van der Waals surface area contributed by atoms with Gasteiger partial charge in [-0.15, -0.1) is 11.3 Å². The number of thiazole rings is 1. The monoisotopic (exact) mass is 402 g/mol. The van der Waals surface area contributed by atoms with Gasteiger partial charge in [-0.2, -0.15) is 0 Å². The van der Waals surface area contributed by atoms with Gasteiger partial charge in [0.1, 0.15) is 0 Å². The molecule has 0 spiro atoms. The fraction of sp³-hybridized carbons (Fsp3) is 0.111. The van der Waals surface area contributed by atoms with Gasteiger partial charge in [-0.3, -0.25) is 20.2 Å². The van der Waals surface area contributed by atoms with Gasteiger partial charge in [-0.1, -0.05) is 29.8 Å². The van der Waals surface area contributed by atoms with Gasteiger partial charge >= 0.3 is 0 Å². The molecule has 0 saturated heterocycles. The van der Waals surface area contributed by atoms with Crippen LogP contribution in [-0.2, 0) is 0 Å². The van der Waals surface area contributed by atoms with Crippen molar-refractivity contribution in [1.82, 2.24) is 4.98 Å². The highest BCUT2D eigenvalue weighted by molar-refractivity contribution is 7.14. The molecule has 7 nitrogen and oxygen atoms in total. The second-order valence-corrected chi connectivity index (χ2v) is 7.09. The van der Waals surface area contributed by atoms with E-state index in [2.05, 4.69) is 10.3 Å². The fourth-order valence-electron chi connectivity index (χ4n) is 2.50. The summed E-state index contributed by atoms with van der Waals surface area (Å²) in [6, 6.07) is 11.5. The van der Waals surface area contributed by atoms with E-state index in [1.807, 2.05) is 18.2 Å². The van der Waals surface area contributed by atoms with Crippen LogP contribution in [0.15, 0.2) is 47.8 Å². The van der Waals surface area contributed by atoms with Crippen molar-refractivity contribution in [3.63, 3.8) is 0 Å². The number of nitrogens with zero attached hydrogens (tertiary/aromatic N) is 3. The van der Waals surface area contributed by atoms with Crippen molar-refractivity contribution in [3.8, 4) is 11.3 Å². The number of non-ortho nitro benzene ring substituents is 1. The smallest absolute Gasteiger partial charge is 0.270 e. The Morgan fingerprint density at radius 2 is 2.00 bits per heavy atom. The summed E-state index contributed by atoms with van der Waals surface area (Å²) in [5, 5.41) is 16.5. The van der Waals surface area contributed by atoms with E-state index in [0.717, 1.165) is 5.56 Å². The summed E-state index contributed by atoms with van der Waals surface area (Å²) in [5.41, 5.74) is 2.03. The number of aromatic nitrogens is 1. The molecule has 1 amide bonds. The lowest BCUT2D eigenvalue weighted by Crippen LogP contribution is -2.18. The highest BCUT2D eigenvalue weighted by Crippen LogP contribution is 2.31. The third kappa shape index (κ3) is 4.07. The van der Waals surface area contributed by atoms with Crippen molar-refractivity contribution in [2.45, 2.75) is 0 Å². The van der Waals surface area contributed by atoms with Gasteiger partial charge < -0.3 is 4.90 Å². The lowest BCUT2D eigenvalue weighted by atomic mass is 10.1. The number of halogens is 1. The molecule has 0 aliphatic rings. The van der Waals surface area contributed by atoms with Gasteiger partial charge in [0.25, 0.3) is 11.6 Å². The van der Waals surface area contributed by atoms with Gasteiger partial charge in [-0.05, 0) is 12.1 Å². The number of hydrogen-bond acceptors (Lipinski definition) is 6. The minimum atomic E-state index is -0.533. The Labute approximate surface area is 164 Å². The van der Waals surface area contributed by atoms with Crippen molar-refractivity contribution in [1.29, 1.82) is 0 Å². The second kappa shape index (κ2) is 7.73. The Morgan fingerprint density at radius 3 is 2.67 bits per heavy atom. The molecule has 0 radical (unpaired) electrons. The highest BCUT2D eigenvalue weighted by Gasteiger charge is 2.19. The molecule has 0 aliphatic carbocycles. The van der Waals surface area contributed by atoms with Crippen LogP contribution in [0.3, 0.4) is 0 Å². The average molecular weight is 403 g/mol. The molecular formula is C18H15ClN4O3S. The van der Waals surface area contributed by atoms with E-state index in [1.54, 1.807) is 36.5 Å². The number of carbonyl (C=O) groups excluding carboxylic acids is 1. The normalized spacial score (nSPS) is 10.5. The van der Waals surface area contributed by atoms with Gasteiger partial charge in [0.15, 0.2) is 5.13 Å². The summed E-state index contributed by atoms with van der Waals surface area (Å²) in [4.78, 5) is 29.3. The molecular weight excluding hydrogens is 388 g/mol. The molecule has 0 saturated carbocycles. The molecule has 0 atom stereocenters. The van der Waals surface area contributed by atoms with E-state index in [9.17, 15) is 14.9 Å². The SMILES string of the molecule is CN(C)c1ccc([N+](=O)[O-])cc1C(=O)Nc1nc(-c2ccccc2Cl)cs1. The summed E-state index contributed by atoms with van der Waals surface area (Å²) in [7, 11) is 3.52. The minimum absolute atomic E-state index is 0.151. The third-order valence-corrected chi connectivity index (χ3v) is 4.88. The number of rotatable bonds is 5. The van der Waals surface area contributed by atoms with Crippen LogP contribution >= 0.6 is 22.9 Å². The summed E-state index contributed by atoms with van der Waals surface area (Å²) >= 11 is 7.43. The first-order valence-corrected chi connectivity index (χ1v) is 9.10. The summed E-state index contributed by atoms with van der Waals surface area (Å²) in [6.07, 6.45) is 0. The van der Waals surface area contributed by atoms with Crippen LogP contribution in [0, 0.1) is 10.1 Å². The summed E-state index contributed by atoms with van der Waals surface area (Å²) in [6.45, 7) is 0. The largest absolute Gasteiger partial charge is 0.377 e. The first kappa shape index (κ1) is 18.8. The molecule has 0 aliphatic heterocycles. The van der Waals surface area contributed by atoms with Crippen molar-refractivity contribution >= 4 is 45.4 Å². The van der Waals surface area contributed by atoms with Crippen LogP contribution in [-0.4, -0.2) is 29.9 Å². The zero-order valence-electron chi connectivity index (χ0n) is 14.5. The van der Waals surface area contributed by atoms with E-state index >= 15 is 0 Å². The Balaban J connectivity index is 1.89. The van der Waals surface area contributed by atoms with Crippen molar-refractivity contribution in [2.24, 2.45) is 0 Å². The molecule has 0 fully saturated rings. The second-order valence-electron chi connectivity index (χ2n) is 5.82. The third-order valence-electron chi connectivity index (χ3n) is 3.79. The molecule has 3 rings (SSSR count). The van der Waals surface area contributed by atoms with E-state index in [-0.39, 0.29) is 11.3 Å². The first-order valence-electron chi connectivity index (χ1n) is 7.84. The maximum atomic E-state index is 12.7. The van der Waals surface area contributed by atoms with Crippen LogP contribution < -0.4 is 10.2 Å². The lowest BCUT2D eigenvalue weighted by Gasteiger charge is -2.16. The molecule has 2 aromatic carbocycles. The number of amides is 1. The standard InChI is InChI=1S/C18H15ClN4O3S/c1-22(2)16-8-7-11(23(25)26)9-13(16)17(24)21-18-20-15(10-27-18)12-5-3-4-6-14(12)19/h3-10H,1-2H3,(H,20,21,24). The van der Waals surface area contributed by atoms with Gasteiger partial charge in [0.05, 0.1) is 16.2 Å². The van der Waals surface area contributed by atoms with E-state index in [0.29, 0.717) is 21.5 Å². The number of carbonyl (C=O) groups is 1. The number of anilines is 2. The zero-order valence-corrected chi connectivity index (χ0v) is 16.0. The molecule has 1 aromatic heterocycles. The number of nitrogens with one attached hydrogen (secondary N) is 1. The molecule has 1 N–H and O–H groups in total. The number of benzene rings is 2. The van der Waals surface area contributed by atoms with Crippen molar-refractivity contribution in [2.75, 3.05) is 24.3 Å². The molecule has 1 heterocycles. The van der Waals surface area contributed by atoms with Crippen LogP contribution in [0.2, 0.25) is 5.02 Å². The molecule has 3 aromatic rings. The quantitative estimate of drug-likeness (QED) is 0.494. The Bertz CT molecular complexity index is 1020. The maximum absolute atomic E-state index is 12.7.